The lowest BCUT2D eigenvalue weighted by Crippen LogP contribution is -2.58. The molecule has 0 aliphatic carbocycles. The summed E-state index contributed by atoms with van der Waals surface area (Å²) in [5, 5.41) is 16.8. The van der Waals surface area contributed by atoms with Crippen LogP contribution in [0.3, 0.4) is 0 Å². The highest BCUT2D eigenvalue weighted by Crippen LogP contribution is 2.08. The number of carbonyl (C=O) groups excluding carboxylic acids is 4. The molecule has 0 aromatic heterocycles. The van der Waals surface area contributed by atoms with Crippen molar-refractivity contribution in [3.8, 4) is 0 Å². The summed E-state index contributed by atoms with van der Waals surface area (Å²) in [7, 11) is 0. The van der Waals surface area contributed by atoms with Crippen molar-refractivity contribution in [3.05, 3.63) is 71.8 Å². The molecule has 0 saturated heterocycles. The van der Waals surface area contributed by atoms with Gasteiger partial charge in [-0.1, -0.05) is 60.7 Å². The van der Waals surface area contributed by atoms with Gasteiger partial charge in [-0.3, -0.25) is 19.2 Å². The lowest BCUT2D eigenvalue weighted by Gasteiger charge is -2.25. The number of rotatable bonds is 13. The van der Waals surface area contributed by atoms with Crippen molar-refractivity contribution in [1.82, 2.24) is 16.0 Å². The quantitative estimate of drug-likeness (QED) is 0.209. The largest absolute Gasteiger partial charge is 0.480 e. The summed E-state index contributed by atoms with van der Waals surface area (Å²) in [6.45, 7) is 1.48. The number of amides is 4. The van der Waals surface area contributed by atoms with E-state index >= 15 is 0 Å². The van der Waals surface area contributed by atoms with E-state index in [1.54, 1.807) is 54.6 Å². The Morgan fingerprint density at radius 2 is 1.11 bits per heavy atom. The van der Waals surface area contributed by atoms with Crippen molar-refractivity contribution in [2.75, 3.05) is 0 Å². The Morgan fingerprint density at radius 1 is 0.722 bits per heavy atom. The van der Waals surface area contributed by atoms with Crippen LogP contribution < -0.4 is 27.4 Å². The molecule has 11 heteroatoms. The number of aliphatic carboxylic acids is 1. The molecule has 0 saturated carbocycles. The molecular formula is C25H31N5O6. The number of nitrogens with two attached hydrogens (primary N) is 2. The van der Waals surface area contributed by atoms with E-state index in [4.69, 9.17) is 11.5 Å². The first-order valence-electron chi connectivity index (χ1n) is 11.3. The van der Waals surface area contributed by atoms with Gasteiger partial charge in [-0.05, 0) is 18.1 Å². The van der Waals surface area contributed by atoms with Crippen molar-refractivity contribution in [1.29, 1.82) is 0 Å². The molecule has 0 heterocycles. The Morgan fingerprint density at radius 3 is 1.47 bits per heavy atom. The van der Waals surface area contributed by atoms with Crippen LogP contribution in [0.2, 0.25) is 0 Å². The van der Waals surface area contributed by atoms with Crippen molar-refractivity contribution < 1.29 is 29.1 Å². The summed E-state index contributed by atoms with van der Waals surface area (Å²) in [4.78, 5) is 61.3. The first-order chi connectivity index (χ1) is 17.1. The lowest BCUT2D eigenvalue weighted by atomic mass is 10.0. The van der Waals surface area contributed by atoms with Crippen LogP contribution in [0.1, 0.15) is 24.5 Å². The molecule has 192 valence electrons. The van der Waals surface area contributed by atoms with Crippen molar-refractivity contribution in [2.45, 2.75) is 50.4 Å². The SMILES string of the molecule is C[C@H](N)C(=O)N[C@@H](Cc1ccccc1)C(=O)N[C@@H](Cc1ccccc1)C(=O)N[C@@H](CC(N)=O)C(=O)O. The van der Waals surface area contributed by atoms with E-state index < -0.39 is 60.2 Å². The highest BCUT2D eigenvalue weighted by atomic mass is 16.4. The fraction of sp³-hybridized carbons (Fsp3) is 0.320. The van der Waals surface area contributed by atoms with Crippen LogP contribution >= 0.6 is 0 Å². The molecule has 0 fully saturated rings. The van der Waals surface area contributed by atoms with Gasteiger partial charge in [0.25, 0.3) is 0 Å². The molecule has 0 spiro atoms. The zero-order valence-corrected chi connectivity index (χ0v) is 19.8. The number of carboxylic acids is 1. The summed E-state index contributed by atoms with van der Waals surface area (Å²) in [5.74, 6) is -4.39. The van der Waals surface area contributed by atoms with E-state index in [9.17, 15) is 29.1 Å². The third kappa shape index (κ3) is 9.18. The molecule has 0 aliphatic heterocycles. The molecule has 2 rings (SSSR count). The molecule has 11 nitrogen and oxygen atoms in total. The topological polar surface area (TPSA) is 194 Å². The second kappa shape index (κ2) is 13.6. The minimum absolute atomic E-state index is 0.0284. The van der Waals surface area contributed by atoms with E-state index in [2.05, 4.69) is 16.0 Å². The normalized spacial score (nSPS) is 13.9. The van der Waals surface area contributed by atoms with E-state index in [1.165, 1.54) is 6.92 Å². The second-order valence-corrected chi connectivity index (χ2v) is 8.36. The van der Waals surface area contributed by atoms with E-state index in [0.717, 1.165) is 5.56 Å². The number of primary amides is 1. The molecule has 2 aromatic rings. The molecule has 36 heavy (non-hydrogen) atoms. The van der Waals surface area contributed by atoms with Crippen LogP contribution in [0, 0.1) is 0 Å². The highest BCUT2D eigenvalue weighted by Gasteiger charge is 2.30. The van der Waals surface area contributed by atoms with Gasteiger partial charge in [0.05, 0.1) is 12.5 Å². The Labute approximate surface area is 208 Å². The predicted octanol–water partition coefficient (Wildman–Crippen LogP) is -0.767. The second-order valence-electron chi connectivity index (χ2n) is 8.36. The van der Waals surface area contributed by atoms with E-state index in [0.29, 0.717) is 5.56 Å². The first kappa shape index (κ1) is 28.0. The van der Waals surface area contributed by atoms with Crippen LogP contribution in [0.25, 0.3) is 0 Å². The van der Waals surface area contributed by atoms with Crippen molar-refractivity contribution >= 4 is 29.6 Å². The summed E-state index contributed by atoms with van der Waals surface area (Å²) in [6.07, 6.45) is -0.459. The van der Waals surface area contributed by atoms with Gasteiger partial charge in [-0.25, -0.2) is 4.79 Å². The molecule has 8 N–H and O–H groups in total. The number of hydrogen-bond acceptors (Lipinski definition) is 6. The highest BCUT2D eigenvalue weighted by molar-refractivity contribution is 5.95. The van der Waals surface area contributed by atoms with Gasteiger partial charge in [-0.2, -0.15) is 0 Å². The maximum atomic E-state index is 13.3. The zero-order valence-electron chi connectivity index (χ0n) is 19.8. The summed E-state index contributed by atoms with van der Waals surface area (Å²) < 4.78 is 0. The minimum Gasteiger partial charge on any atom is -0.480 e. The monoisotopic (exact) mass is 497 g/mol. The Balaban J connectivity index is 2.28. The van der Waals surface area contributed by atoms with Gasteiger partial charge in [0.1, 0.15) is 18.1 Å². The molecule has 4 amide bonds. The van der Waals surface area contributed by atoms with Gasteiger partial charge in [0.2, 0.25) is 23.6 Å². The summed E-state index contributed by atoms with van der Waals surface area (Å²) >= 11 is 0. The number of carbonyl (C=O) groups is 5. The molecule has 0 aliphatic rings. The van der Waals surface area contributed by atoms with Gasteiger partial charge in [0, 0.05) is 12.8 Å². The van der Waals surface area contributed by atoms with E-state index in [1.807, 2.05) is 6.07 Å². The van der Waals surface area contributed by atoms with Crippen LogP contribution in [-0.2, 0) is 36.8 Å². The predicted molar refractivity (Wildman–Crippen MR) is 131 cm³/mol. The van der Waals surface area contributed by atoms with Crippen LogP contribution in [-0.4, -0.2) is 58.9 Å². The van der Waals surface area contributed by atoms with Gasteiger partial charge >= 0.3 is 5.97 Å². The van der Waals surface area contributed by atoms with Crippen LogP contribution in [0.15, 0.2) is 60.7 Å². The number of nitrogens with one attached hydrogen (secondary N) is 3. The Hall–Kier alpha value is -4.25. The van der Waals surface area contributed by atoms with Gasteiger partial charge in [0.15, 0.2) is 0 Å². The maximum absolute atomic E-state index is 13.3. The zero-order chi connectivity index (χ0) is 26.7. The Kier molecular flexibility index (Phi) is 10.6. The fourth-order valence-corrected chi connectivity index (χ4v) is 3.37. The first-order valence-corrected chi connectivity index (χ1v) is 11.3. The van der Waals surface area contributed by atoms with Crippen molar-refractivity contribution in [2.24, 2.45) is 11.5 Å². The number of benzene rings is 2. The average Bonchev–Trinajstić information content (AvgIpc) is 2.83. The number of carboxylic acid groups (broad SMARTS) is 1. The van der Waals surface area contributed by atoms with Gasteiger partial charge < -0.3 is 32.5 Å². The standard InChI is InChI=1S/C25H31N5O6/c1-15(26)22(32)28-18(12-16-8-4-2-5-9-16)23(33)29-19(13-17-10-6-3-7-11-17)24(34)30-20(25(35)36)14-21(27)31/h2-11,15,18-20H,12-14,26H2,1H3,(H2,27,31)(H,28,32)(H,29,33)(H,30,34)(H,35,36)/t15-,18-,19-,20-/m0/s1. The molecule has 0 bridgehead atoms. The lowest BCUT2D eigenvalue weighted by molar-refractivity contribution is -0.143. The fourth-order valence-electron chi connectivity index (χ4n) is 3.37. The molecule has 4 atom stereocenters. The van der Waals surface area contributed by atoms with Crippen molar-refractivity contribution in [3.63, 3.8) is 0 Å². The average molecular weight is 498 g/mol. The minimum atomic E-state index is -1.57. The molecule has 2 aromatic carbocycles. The molecular weight excluding hydrogens is 466 g/mol. The smallest absolute Gasteiger partial charge is 0.326 e. The van der Waals surface area contributed by atoms with Crippen LogP contribution in [0.5, 0.6) is 0 Å². The summed E-state index contributed by atoms with van der Waals surface area (Å²) in [5.41, 5.74) is 12.2. The van der Waals surface area contributed by atoms with Gasteiger partial charge in [-0.15, -0.1) is 0 Å². The Bertz CT molecular complexity index is 1060. The van der Waals surface area contributed by atoms with E-state index in [-0.39, 0.29) is 12.8 Å². The number of hydrogen-bond donors (Lipinski definition) is 6. The maximum Gasteiger partial charge on any atom is 0.326 e. The molecule has 0 radical (unpaired) electrons. The summed E-state index contributed by atoms with van der Waals surface area (Å²) in [6, 6.07) is 13.0. The van der Waals surface area contributed by atoms with Crippen LogP contribution in [0.4, 0.5) is 0 Å². The third-order valence-electron chi connectivity index (χ3n) is 5.26. The molecule has 0 unspecified atom stereocenters. The third-order valence-corrected chi connectivity index (χ3v) is 5.26.